The Kier molecular flexibility index (Phi) is 3.06. The molecule has 0 aliphatic carbocycles. The molecule has 7 heteroatoms. The fraction of sp³-hybridized carbons (Fsp3) is 0. The molecule has 0 radical (unpaired) electrons. The maximum absolute atomic E-state index is 12.0. The van der Waals surface area contributed by atoms with E-state index in [1.807, 2.05) is 18.2 Å². The zero-order chi connectivity index (χ0) is 16.7. The molecule has 7 nitrogen and oxygen atoms in total. The minimum absolute atomic E-state index is 0.0832. The normalized spacial score (nSPS) is 11.0. The summed E-state index contributed by atoms with van der Waals surface area (Å²) >= 11 is 0. The van der Waals surface area contributed by atoms with Gasteiger partial charge in [-0.05, 0) is 30.3 Å². The van der Waals surface area contributed by atoms with Crippen molar-refractivity contribution in [2.24, 2.45) is 0 Å². The van der Waals surface area contributed by atoms with E-state index in [9.17, 15) is 9.90 Å². The predicted molar refractivity (Wildman–Crippen MR) is 91.5 cm³/mol. The van der Waals surface area contributed by atoms with Gasteiger partial charge in [-0.3, -0.25) is 5.10 Å². The molecule has 0 atom stereocenters. The van der Waals surface area contributed by atoms with Crippen molar-refractivity contribution >= 4 is 16.7 Å². The van der Waals surface area contributed by atoms with Crippen molar-refractivity contribution in [3.63, 3.8) is 0 Å². The SMILES string of the molecule is Nc1n[nH]c2ccc(-c3cc(-c4ccccc4O)[nH]c(=O)n3)cc12. The van der Waals surface area contributed by atoms with Gasteiger partial charge in [0.15, 0.2) is 5.82 Å². The van der Waals surface area contributed by atoms with Crippen molar-refractivity contribution in [2.75, 3.05) is 5.73 Å². The molecular weight excluding hydrogens is 306 g/mol. The molecule has 2 aromatic carbocycles. The van der Waals surface area contributed by atoms with Crippen molar-refractivity contribution in [2.45, 2.75) is 0 Å². The smallest absolute Gasteiger partial charge is 0.345 e. The standard InChI is InChI=1S/C17H13N5O2/c18-16-11-7-9(5-6-12(11)21-22-16)13-8-14(20-17(24)19-13)10-3-1-2-4-15(10)23/h1-8,23H,(H3,18,21,22)(H,19,20,24). The summed E-state index contributed by atoms with van der Waals surface area (Å²) < 4.78 is 0. The van der Waals surface area contributed by atoms with Gasteiger partial charge in [0.2, 0.25) is 0 Å². The third-order valence-corrected chi connectivity index (χ3v) is 3.83. The molecule has 5 N–H and O–H groups in total. The number of phenolic OH excluding ortho intramolecular Hbond substituents is 1. The lowest BCUT2D eigenvalue weighted by Crippen LogP contribution is -2.12. The number of aromatic amines is 2. The highest BCUT2D eigenvalue weighted by molar-refractivity contribution is 5.92. The number of aromatic nitrogens is 4. The Balaban J connectivity index is 1.90. The minimum Gasteiger partial charge on any atom is -0.507 e. The first-order chi connectivity index (χ1) is 11.6. The summed E-state index contributed by atoms with van der Waals surface area (Å²) in [5.41, 5.74) is 8.38. The third kappa shape index (κ3) is 2.28. The summed E-state index contributed by atoms with van der Waals surface area (Å²) in [7, 11) is 0. The Bertz CT molecular complexity index is 1110. The van der Waals surface area contributed by atoms with Gasteiger partial charge in [0, 0.05) is 16.5 Å². The number of nitrogens with two attached hydrogens (primary N) is 1. The van der Waals surface area contributed by atoms with E-state index in [1.165, 1.54) is 0 Å². The van der Waals surface area contributed by atoms with Crippen LogP contribution >= 0.6 is 0 Å². The topological polar surface area (TPSA) is 121 Å². The van der Waals surface area contributed by atoms with Crippen molar-refractivity contribution in [3.05, 3.63) is 59.0 Å². The van der Waals surface area contributed by atoms with Crippen molar-refractivity contribution in [1.82, 2.24) is 20.2 Å². The van der Waals surface area contributed by atoms with Crippen LogP contribution in [0.1, 0.15) is 0 Å². The molecule has 4 rings (SSSR count). The molecule has 0 saturated heterocycles. The molecule has 0 saturated carbocycles. The van der Waals surface area contributed by atoms with Crippen LogP contribution in [0.25, 0.3) is 33.4 Å². The van der Waals surface area contributed by atoms with Gasteiger partial charge < -0.3 is 15.8 Å². The van der Waals surface area contributed by atoms with E-state index in [2.05, 4.69) is 20.2 Å². The zero-order valence-corrected chi connectivity index (χ0v) is 12.4. The summed E-state index contributed by atoms with van der Waals surface area (Å²) in [6.07, 6.45) is 0. The lowest BCUT2D eigenvalue weighted by atomic mass is 10.1. The number of H-pyrrole nitrogens is 2. The van der Waals surface area contributed by atoms with E-state index in [0.717, 1.165) is 16.5 Å². The number of anilines is 1. The number of nitrogen functional groups attached to an aromatic ring is 1. The van der Waals surface area contributed by atoms with E-state index in [4.69, 9.17) is 5.73 Å². The summed E-state index contributed by atoms with van der Waals surface area (Å²) in [6, 6.07) is 14.0. The van der Waals surface area contributed by atoms with Gasteiger partial charge in [-0.1, -0.05) is 18.2 Å². The lowest BCUT2D eigenvalue weighted by molar-refractivity contribution is 0.477. The van der Waals surface area contributed by atoms with Crippen LogP contribution < -0.4 is 11.4 Å². The van der Waals surface area contributed by atoms with E-state index < -0.39 is 5.69 Å². The summed E-state index contributed by atoms with van der Waals surface area (Å²) in [4.78, 5) is 18.6. The third-order valence-electron chi connectivity index (χ3n) is 3.83. The fourth-order valence-electron chi connectivity index (χ4n) is 2.65. The van der Waals surface area contributed by atoms with E-state index in [0.29, 0.717) is 22.8 Å². The Morgan fingerprint density at radius 1 is 1.08 bits per heavy atom. The Hall–Kier alpha value is -3.61. The molecule has 0 aliphatic heterocycles. The molecule has 24 heavy (non-hydrogen) atoms. The number of benzene rings is 2. The second kappa shape index (κ2) is 5.24. The first-order valence-corrected chi connectivity index (χ1v) is 7.25. The number of fused-ring (bicyclic) bond motifs is 1. The first-order valence-electron chi connectivity index (χ1n) is 7.25. The van der Waals surface area contributed by atoms with Gasteiger partial charge in [0.05, 0.1) is 16.9 Å². The van der Waals surface area contributed by atoms with Crippen molar-refractivity contribution in [1.29, 1.82) is 0 Å². The van der Waals surface area contributed by atoms with Crippen LogP contribution in [0.3, 0.4) is 0 Å². The first kappa shape index (κ1) is 14.0. The van der Waals surface area contributed by atoms with Gasteiger partial charge in [-0.2, -0.15) is 10.1 Å². The largest absolute Gasteiger partial charge is 0.507 e. The molecule has 0 spiro atoms. The highest BCUT2D eigenvalue weighted by atomic mass is 16.3. The molecule has 0 bridgehead atoms. The van der Waals surface area contributed by atoms with E-state index in [-0.39, 0.29) is 5.75 Å². The quantitative estimate of drug-likeness (QED) is 0.451. The van der Waals surface area contributed by atoms with Crippen molar-refractivity contribution in [3.8, 4) is 28.3 Å². The number of nitrogens with one attached hydrogen (secondary N) is 2. The Morgan fingerprint density at radius 3 is 2.75 bits per heavy atom. The van der Waals surface area contributed by atoms with Crippen LogP contribution in [0.15, 0.2) is 53.3 Å². The maximum atomic E-state index is 12.0. The van der Waals surface area contributed by atoms with Crippen LogP contribution in [0.5, 0.6) is 5.75 Å². The number of aromatic hydroxyl groups is 1. The molecule has 118 valence electrons. The molecule has 4 aromatic rings. The second-order valence-corrected chi connectivity index (χ2v) is 5.37. The monoisotopic (exact) mass is 319 g/mol. The number of hydrogen-bond donors (Lipinski definition) is 4. The molecule has 2 heterocycles. The van der Waals surface area contributed by atoms with Crippen LogP contribution in [-0.2, 0) is 0 Å². The molecule has 0 amide bonds. The number of para-hydroxylation sites is 1. The minimum atomic E-state index is -0.494. The number of rotatable bonds is 2. The average Bonchev–Trinajstić information content (AvgIpc) is 2.95. The highest BCUT2D eigenvalue weighted by Crippen LogP contribution is 2.30. The lowest BCUT2D eigenvalue weighted by Gasteiger charge is -2.07. The van der Waals surface area contributed by atoms with E-state index >= 15 is 0 Å². The summed E-state index contributed by atoms with van der Waals surface area (Å²) in [5.74, 6) is 0.470. The molecule has 0 unspecified atom stereocenters. The van der Waals surface area contributed by atoms with Gasteiger partial charge in [0.1, 0.15) is 5.75 Å². The number of nitrogens with zero attached hydrogens (tertiary/aromatic N) is 2. The highest BCUT2D eigenvalue weighted by Gasteiger charge is 2.10. The average molecular weight is 319 g/mol. The molecule has 2 aromatic heterocycles. The number of phenols is 1. The van der Waals surface area contributed by atoms with Gasteiger partial charge >= 0.3 is 5.69 Å². The Labute approximate surface area is 135 Å². The van der Waals surface area contributed by atoms with Crippen LogP contribution in [0.4, 0.5) is 5.82 Å². The zero-order valence-electron chi connectivity index (χ0n) is 12.4. The predicted octanol–water partition coefficient (Wildman–Crippen LogP) is 2.27. The molecule has 0 aliphatic rings. The van der Waals surface area contributed by atoms with Crippen molar-refractivity contribution < 1.29 is 5.11 Å². The Morgan fingerprint density at radius 2 is 1.92 bits per heavy atom. The van der Waals surface area contributed by atoms with Crippen LogP contribution in [0, 0.1) is 0 Å². The van der Waals surface area contributed by atoms with E-state index in [1.54, 1.807) is 30.3 Å². The second-order valence-electron chi connectivity index (χ2n) is 5.37. The molecule has 0 fully saturated rings. The summed E-state index contributed by atoms with van der Waals surface area (Å²) in [5, 5.41) is 17.5. The summed E-state index contributed by atoms with van der Waals surface area (Å²) in [6.45, 7) is 0. The van der Waals surface area contributed by atoms with Gasteiger partial charge in [0.25, 0.3) is 0 Å². The maximum Gasteiger partial charge on any atom is 0.345 e. The van der Waals surface area contributed by atoms with Gasteiger partial charge in [-0.15, -0.1) is 0 Å². The fourth-order valence-corrected chi connectivity index (χ4v) is 2.65. The van der Waals surface area contributed by atoms with Gasteiger partial charge in [-0.25, -0.2) is 4.79 Å². The van der Waals surface area contributed by atoms with Crippen LogP contribution in [-0.4, -0.2) is 25.3 Å². The molecular formula is C17H13N5O2. The number of hydrogen-bond acceptors (Lipinski definition) is 5. The van der Waals surface area contributed by atoms with Crippen LogP contribution in [0.2, 0.25) is 0 Å².